The highest BCUT2D eigenvalue weighted by Gasteiger charge is 2.37. The molecule has 1 aliphatic heterocycles. The van der Waals surface area contributed by atoms with E-state index >= 15 is 0 Å². The number of hydrogen-bond acceptors (Lipinski definition) is 2. The monoisotopic (exact) mass is 284 g/mol. The van der Waals surface area contributed by atoms with Crippen LogP contribution >= 0.6 is 15.9 Å². The summed E-state index contributed by atoms with van der Waals surface area (Å²) in [5, 5.41) is 10.2. The maximum Gasteiger partial charge on any atom is 0.127 e. The molecule has 0 amide bonds. The normalized spacial score (nSPS) is 22.4. The number of benzene rings is 1. The molecule has 1 N–H and O–H groups in total. The first-order valence-electron chi connectivity index (χ1n) is 5.77. The summed E-state index contributed by atoms with van der Waals surface area (Å²) in [5.41, 5.74) is 0.702. The third-order valence-electron chi connectivity index (χ3n) is 3.52. The van der Waals surface area contributed by atoms with Crippen molar-refractivity contribution in [2.75, 3.05) is 0 Å². The van der Waals surface area contributed by atoms with Crippen LogP contribution in [-0.2, 0) is 0 Å². The molecule has 1 aromatic carbocycles. The highest BCUT2D eigenvalue weighted by Crippen LogP contribution is 2.43. The first-order valence-corrected chi connectivity index (χ1v) is 6.56. The molecule has 2 rings (SSSR count). The van der Waals surface area contributed by atoms with Gasteiger partial charge in [-0.05, 0) is 25.0 Å². The van der Waals surface area contributed by atoms with Crippen molar-refractivity contribution >= 4 is 15.9 Å². The van der Waals surface area contributed by atoms with Crippen LogP contribution in [0.5, 0.6) is 5.75 Å². The quantitative estimate of drug-likeness (QED) is 0.895. The van der Waals surface area contributed by atoms with E-state index in [0.29, 0.717) is 6.42 Å². The standard InChI is InChI=1S/C13H17BrO2/c1-3-13(4-2)8-11(15)10-6-5-9(14)7-12(10)16-13/h5-7,11,15H,3-4,8H2,1-2H3/t11-/m0/s1. The smallest absolute Gasteiger partial charge is 0.127 e. The second-order valence-electron chi connectivity index (χ2n) is 4.39. The minimum absolute atomic E-state index is 0.201. The van der Waals surface area contributed by atoms with Crippen LogP contribution in [0.3, 0.4) is 0 Å². The van der Waals surface area contributed by atoms with Crippen LogP contribution in [-0.4, -0.2) is 10.7 Å². The van der Waals surface area contributed by atoms with Gasteiger partial charge in [0.2, 0.25) is 0 Å². The summed E-state index contributed by atoms with van der Waals surface area (Å²) in [7, 11) is 0. The average molecular weight is 285 g/mol. The van der Waals surface area contributed by atoms with Crippen LogP contribution in [0.15, 0.2) is 22.7 Å². The third kappa shape index (κ3) is 1.98. The Morgan fingerprint density at radius 3 is 2.75 bits per heavy atom. The molecule has 16 heavy (non-hydrogen) atoms. The number of aliphatic hydroxyl groups is 1. The molecule has 2 nitrogen and oxygen atoms in total. The Hall–Kier alpha value is -0.540. The molecule has 1 aliphatic rings. The topological polar surface area (TPSA) is 29.5 Å². The molecule has 0 bridgehead atoms. The van der Waals surface area contributed by atoms with Crippen molar-refractivity contribution in [3.05, 3.63) is 28.2 Å². The van der Waals surface area contributed by atoms with E-state index in [9.17, 15) is 5.11 Å². The molecule has 0 saturated carbocycles. The number of halogens is 1. The van der Waals surface area contributed by atoms with Crippen LogP contribution in [0.25, 0.3) is 0 Å². The van der Waals surface area contributed by atoms with Gasteiger partial charge in [-0.2, -0.15) is 0 Å². The fourth-order valence-electron chi connectivity index (χ4n) is 2.29. The van der Waals surface area contributed by atoms with Crippen molar-refractivity contribution in [1.82, 2.24) is 0 Å². The summed E-state index contributed by atoms with van der Waals surface area (Å²) < 4.78 is 7.07. The molecule has 0 aliphatic carbocycles. The number of ether oxygens (including phenoxy) is 1. The van der Waals surface area contributed by atoms with Gasteiger partial charge in [0.25, 0.3) is 0 Å². The fraction of sp³-hybridized carbons (Fsp3) is 0.538. The number of fused-ring (bicyclic) bond motifs is 1. The van der Waals surface area contributed by atoms with Gasteiger partial charge in [-0.15, -0.1) is 0 Å². The molecule has 1 atom stereocenters. The lowest BCUT2D eigenvalue weighted by atomic mass is 9.85. The Morgan fingerprint density at radius 2 is 2.12 bits per heavy atom. The maximum atomic E-state index is 10.2. The van der Waals surface area contributed by atoms with Crippen molar-refractivity contribution in [1.29, 1.82) is 0 Å². The highest BCUT2D eigenvalue weighted by atomic mass is 79.9. The Kier molecular flexibility index (Phi) is 3.27. The fourth-order valence-corrected chi connectivity index (χ4v) is 2.63. The Bertz CT molecular complexity index is 386. The lowest BCUT2D eigenvalue weighted by molar-refractivity contribution is -0.0196. The Morgan fingerprint density at radius 1 is 1.44 bits per heavy atom. The lowest BCUT2D eigenvalue weighted by Gasteiger charge is -2.39. The second-order valence-corrected chi connectivity index (χ2v) is 5.31. The molecule has 0 fully saturated rings. The molecular formula is C13H17BrO2. The van der Waals surface area contributed by atoms with Gasteiger partial charge in [-0.25, -0.2) is 0 Å². The Labute approximate surface area is 105 Å². The summed E-state index contributed by atoms with van der Waals surface area (Å²) in [4.78, 5) is 0. The van der Waals surface area contributed by atoms with Gasteiger partial charge in [0.05, 0.1) is 6.10 Å². The minimum atomic E-state index is -0.406. The van der Waals surface area contributed by atoms with Crippen LogP contribution in [0, 0.1) is 0 Å². The predicted octanol–water partition coefficient (Wildman–Crippen LogP) is 3.82. The van der Waals surface area contributed by atoms with Crippen molar-refractivity contribution in [2.24, 2.45) is 0 Å². The van der Waals surface area contributed by atoms with E-state index in [1.807, 2.05) is 18.2 Å². The predicted molar refractivity (Wildman–Crippen MR) is 67.7 cm³/mol. The summed E-state index contributed by atoms with van der Waals surface area (Å²) in [6.07, 6.45) is 2.13. The molecule has 0 radical (unpaired) electrons. The van der Waals surface area contributed by atoms with E-state index in [4.69, 9.17) is 4.74 Å². The van der Waals surface area contributed by atoms with Crippen molar-refractivity contribution in [3.63, 3.8) is 0 Å². The largest absolute Gasteiger partial charge is 0.487 e. The SMILES string of the molecule is CCC1(CC)C[C@H](O)c2ccc(Br)cc2O1. The van der Waals surface area contributed by atoms with Gasteiger partial charge in [0.15, 0.2) is 0 Å². The molecule has 3 heteroatoms. The van der Waals surface area contributed by atoms with Crippen molar-refractivity contribution in [2.45, 2.75) is 44.8 Å². The van der Waals surface area contributed by atoms with Crippen LogP contribution in [0.4, 0.5) is 0 Å². The summed E-state index contributed by atoms with van der Waals surface area (Å²) in [5.74, 6) is 0.817. The van der Waals surface area contributed by atoms with Crippen molar-refractivity contribution < 1.29 is 9.84 Å². The van der Waals surface area contributed by atoms with E-state index in [-0.39, 0.29) is 5.60 Å². The van der Waals surface area contributed by atoms with E-state index < -0.39 is 6.10 Å². The van der Waals surface area contributed by atoms with E-state index in [1.165, 1.54) is 0 Å². The van der Waals surface area contributed by atoms with Crippen LogP contribution in [0.2, 0.25) is 0 Å². The van der Waals surface area contributed by atoms with E-state index in [2.05, 4.69) is 29.8 Å². The average Bonchev–Trinajstić information content (AvgIpc) is 2.28. The molecule has 0 spiro atoms. The van der Waals surface area contributed by atoms with Gasteiger partial charge in [0.1, 0.15) is 11.4 Å². The van der Waals surface area contributed by atoms with Gasteiger partial charge in [0, 0.05) is 16.5 Å². The van der Waals surface area contributed by atoms with Gasteiger partial charge >= 0.3 is 0 Å². The lowest BCUT2D eigenvalue weighted by Crippen LogP contribution is -2.39. The first-order chi connectivity index (χ1) is 7.60. The molecular weight excluding hydrogens is 268 g/mol. The summed E-state index contributed by atoms with van der Waals surface area (Å²) in [6, 6.07) is 5.81. The van der Waals surface area contributed by atoms with Crippen molar-refractivity contribution in [3.8, 4) is 5.75 Å². The molecule has 0 saturated heterocycles. The second kappa shape index (κ2) is 4.38. The van der Waals surface area contributed by atoms with Crippen LogP contribution < -0.4 is 4.74 Å². The zero-order valence-corrected chi connectivity index (χ0v) is 11.3. The summed E-state index contributed by atoms with van der Waals surface area (Å²) in [6.45, 7) is 4.22. The Balaban J connectivity index is 2.41. The molecule has 0 aromatic heterocycles. The first kappa shape index (κ1) is 11.9. The van der Waals surface area contributed by atoms with Gasteiger partial charge in [-0.3, -0.25) is 0 Å². The van der Waals surface area contributed by atoms with E-state index in [1.54, 1.807) is 0 Å². The maximum absolute atomic E-state index is 10.2. The number of rotatable bonds is 2. The highest BCUT2D eigenvalue weighted by molar-refractivity contribution is 9.10. The zero-order chi connectivity index (χ0) is 11.8. The molecule has 0 unspecified atom stereocenters. The van der Waals surface area contributed by atoms with E-state index in [0.717, 1.165) is 28.6 Å². The summed E-state index contributed by atoms with van der Waals surface area (Å²) >= 11 is 3.43. The molecule has 1 heterocycles. The zero-order valence-electron chi connectivity index (χ0n) is 9.66. The van der Waals surface area contributed by atoms with Crippen LogP contribution in [0.1, 0.15) is 44.8 Å². The minimum Gasteiger partial charge on any atom is -0.487 e. The van der Waals surface area contributed by atoms with Gasteiger partial charge in [-0.1, -0.05) is 35.8 Å². The third-order valence-corrected chi connectivity index (χ3v) is 4.01. The van der Waals surface area contributed by atoms with Gasteiger partial charge < -0.3 is 9.84 Å². The number of hydrogen-bond donors (Lipinski definition) is 1. The molecule has 1 aromatic rings. The number of aliphatic hydroxyl groups excluding tert-OH is 1. The molecule has 88 valence electrons.